The van der Waals surface area contributed by atoms with Gasteiger partial charge in [-0.05, 0) is 85.1 Å². The summed E-state index contributed by atoms with van der Waals surface area (Å²) in [6.07, 6.45) is 5.87. The predicted octanol–water partition coefficient (Wildman–Crippen LogP) is 6.57. The first-order chi connectivity index (χ1) is 18.5. The number of hydrogen-bond acceptors (Lipinski definition) is 5. The van der Waals surface area contributed by atoms with Crippen LogP contribution in [0.3, 0.4) is 0 Å². The van der Waals surface area contributed by atoms with Crippen LogP contribution >= 0.6 is 0 Å². The summed E-state index contributed by atoms with van der Waals surface area (Å²) in [6.45, 7) is 5.45. The molecule has 0 bridgehead atoms. The maximum Gasteiger partial charge on any atom is 0.247 e. The van der Waals surface area contributed by atoms with E-state index < -0.39 is 0 Å². The molecule has 0 unspecified atom stereocenters. The number of rotatable bonds is 5. The van der Waals surface area contributed by atoms with Crippen molar-refractivity contribution in [3.8, 4) is 0 Å². The van der Waals surface area contributed by atoms with Crippen LogP contribution < -0.4 is 15.5 Å². The Bertz CT molecular complexity index is 1760. The molecule has 2 aromatic heterocycles. The number of pyridine rings is 2. The number of aryl methyl sites for hydroxylation is 2. The number of anilines is 5. The summed E-state index contributed by atoms with van der Waals surface area (Å²) in [7, 11) is 0. The number of carbonyl (C=O) groups excluding carboxylic acids is 2. The minimum Gasteiger partial charge on any atom is -0.355 e. The van der Waals surface area contributed by atoms with Crippen LogP contribution in [0.5, 0.6) is 0 Å². The molecule has 3 heterocycles. The van der Waals surface area contributed by atoms with Gasteiger partial charge >= 0.3 is 0 Å². The van der Waals surface area contributed by atoms with Crippen LogP contribution in [0, 0.1) is 6.92 Å². The lowest BCUT2D eigenvalue weighted by Gasteiger charge is -2.31. The van der Waals surface area contributed by atoms with E-state index in [1.165, 1.54) is 6.08 Å². The number of hydrogen-bond donors (Lipinski definition) is 2. The molecule has 2 amide bonds. The van der Waals surface area contributed by atoms with E-state index >= 15 is 0 Å². The molecule has 7 heteroatoms. The average molecular weight is 500 g/mol. The Morgan fingerprint density at radius 2 is 1.79 bits per heavy atom. The second-order valence-corrected chi connectivity index (χ2v) is 9.32. The largest absolute Gasteiger partial charge is 0.355 e. The third-order valence-electron chi connectivity index (χ3n) is 6.81. The van der Waals surface area contributed by atoms with Gasteiger partial charge in [-0.2, -0.15) is 0 Å². The van der Waals surface area contributed by atoms with Crippen molar-refractivity contribution in [2.45, 2.75) is 19.8 Å². The van der Waals surface area contributed by atoms with Gasteiger partial charge in [-0.1, -0.05) is 18.7 Å². The molecular formula is C31H25N5O2. The Labute approximate surface area is 219 Å². The third-order valence-corrected chi connectivity index (χ3v) is 6.81. The molecule has 5 aromatic rings. The molecule has 1 aliphatic rings. The molecule has 0 radical (unpaired) electrons. The number of nitrogens with zero attached hydrogens (tertiary/aromatic N) is 3. The summed E-state index contributed by atoms with van der Waals surface area (Å²) in [5, 5.41) is 8.26. The zero-order valence-electron chi connectivity index (χ0n) is 20.9. The van der Waals surface area contributed by atoms with Gasteiger partial charge in [-0.25, -0.2) is 0 Å². The van der Waals surface area contributed by atoms with Crippen molar-refractivity contribution in [2.24, 2.45) is 0 Å². The first-order valence-corrected chi connectivity index (χ1v) is 12.4. The molecular weight excluding hydrogens is 474 g/mol. The lowest BCUT2D eigenvalue weighted by molar-refractivity contribution is -0.118. The zero-order chi connectivity index (χ0) is 26.2. The van der Waals surface area contributed by atoms with Gasteiger partial charge in [0.25, 0.3) is 0 Å². The van der Waals surface area contributed by atoms with Gasteiger partial charge < -0.3 is 10.6 Å². The predicted molar refractivity (Wildman–Crippen MR) is 152 cm³/mol. The first kappa shape index (κ1) is 23.4. The van der Waals surface area contributed by atoms with Gasteiger partial charge in [0.05, 0.1) is 22.4 Å². The summed E-state index contributed by atoms with van der Waals surface area (Å²) in [5.74, 6) is -0.305. The Hall–Kier alpha value is -5.04. The van der Waals surface area contributed by atoms with E-state index in [2.05, 4.69) is 33.2 Å². The molecule has 186 valence electrons. The van der Waals surface area contributed by atoms with Crippen molar-refractivity contribution in [3.05, 3.63) is 103 Å². The van der Waals surface area contributed by atoms with E-state index in [1.54, 1.807) is 11.1 Å². The van der Waals surface area contributed by atoms with Crippen molar-refractivity contribution in [2.75, 3.05) is 15.5 Å². The third kappa shape index (κ3) is 4.24. The van der Waals surface area contributed by atoms with E-state index in [1.807, 2.05) is 73.8 Å². The SMILES string of the molecule is C=CC(=O)Nc1cc(N2C(=O)CCc3cnc4ccc(Nc5ccc6ncccc6c5)cc4c32)ccc1C. The Balaban J connectivity index is 1.44. The van der Waals surface area contributed by atoms with Gasteiger partial charge in [0.1, 0.15) is 0 Å². The summed E-state index contributed by atoms with van der Waals surface area (Å²) < 4.78 is 0. The topological polar surface area (TPSA) is 87.2 Å². The lowest BCUT2D eigenvalue weighted by atomic mass is 9.98. The molecule has 0 aliphatic carbocycles. The van der Waals surface area contributed by atoms with Crippen LogP contribution in [-0.4, -0.2) is 21.8 Å². The van der Waals surface area contributed by atoms with E-state index in [-0.39, 0.29) is 11.8 Å². The first-order valence-electron chi connectivity index (χ1n) is 12.4. The Morgan fingerprint density at radius 3 is 2.63 bits per heavy atom. The highest BCUT2D eigenvalue weighted by molar-refractivity contribution is 6.11. The highest BCUT2D eigenvalue weighted by atomic mass is 16.2. The number of benzene rings is 3. The summed E-state index contributed by atoms with van der Waals surface area (Å²) >= 11 is 0. The van der Waals surface area contributed by atoms with Crippen molar-refractivity contribution in [1.29, 1.82) is 0 Å². The van der Waals surface area contributed by atoms with E-state index in [9.17, 15) is 9.59 Å². The standard InChI is InChI=1S/C31H25N5O2/c1-3-29(37)35-28-17-24(10-6-19(28)2)36-30(38)13-7-21-18-33-27-12-9-23(16-25(27)31(21)36)34-22-8-11-26-20(15-22)5-4-14-32-26/h3-6,8-12,14-18,34H,1,7,13H2,2H3,(H,35,37). The second kappa shape index (κ2) is 9.44. The van der Waals surface area contributed by atoms with Crippen LogP contribution in [-0.2, 0) is 16.0 Å². The second-order valence-electron chi connectivity index (χ2n) is 9.32. The van der Waals surface area contributed by atoms with E-state index in [0.29, 0.717) is 24.2 Å². The van der Waals surface area contributed by atoms with Gasteiger partial charge in [-0.3, -0.25) is 24.5 Å². The van der Waals surface area contributed by atoms with Crippen molar-refractivity contribution >= 4 is 62.1 Å². The summed E-state index contributed by atoms with van der Waals surface area (Å²) in [6, 6.07) is 21.6. The summed E-state index contributed by atoms with van der Waals surface area (Å²) in [5.41, 5.74) is 7.60. The average Bonchev–Trinajstić information content (AvgIpc) is 2.94. The minimum atomic E-state index is -0.301. The highest BCUT2D eigenvalue weighted by Crippen LogP contribution is 2.41. The fourth-order valence-corrected chi connectivity index (χ4v) is 4.88. The highest BCUT2D eigenvalue weighted by Gasteiger charge is 2.28. The molecule has 3 aromatic carbocycles. The van der Waals surface area contributed by atoms with Crippen LogP contribution in [0.15, 0.2) is 91.8 Å². The Kier molecular flexibility index (Phi) is 5.81. The molecule has 1 aliphatic heterocycles. The molecule has 6 rings (SSSR count). The molecule has 2 N–H and O–H groups in total. The molecule has 38 heavy (non-hydrogen) atoms. The van der Waals surface area contributed by atoms with Crippen LogP contribution in [0.4, 0.5) is 28.4 Å². The molecule has 7 nitrogen and oxygen atoms in total. The number of carbonyl (C=O) groups is 2. The van der Waals surface area contributed by atoms with Crippen molar-refractivity contribution in [1.82, 2.24) is 9.97 Å². The van der Waals surface area contributed by atoms with Crippen LogP contribution in [0.25, 0.3) is 21.8 Å². The fourth-order valence-electron chi connectivity index (χ4n) is 4.88. The van der Waals surface area contributed by atoms with Crippen LogP contribution in [0.1, 0.15) is 17.5 Å². The number of nitrogens with one attached hydrogen (secondary N) is 2. The van der Waals surface area contributed by atoms with Crippen molar-refractivity contribution < 1.29 is 9.59 Å². The zero-order valence-corrected chi connectivity index (χ0v) is 20.9. The monoisotopic (exact) mass is 499 g/mol. The van der Waals surface area contributed by atoms with E-state index in [4.69, 9.17) is 0 Å². The smallest absolute Gasteiger partial charge is 0.247 e. The number of amides is 2. The van der Waals surface area contributed by atoms with E-state index in [0.717, 1.165) is 50.0 Å². The molecule has 0 atom stereocenters. The molecule has 0 fully saturated rings. The van der Waals surface area contributed by atoms with Gasteiger partial charge in [0, 0.05) is 46.6 Å². The quantitative estimate of drug-likeness (QED) is 0.267. The van der Waals surface area contributed by atoms with Crippen molar-refractivity contribution in [3.63, 3.8) is 0 Å². The number of fused-ring (bicyclic) bond motifs is 4. The number of aromatic nitrogens is 2. The maximum absolute atomic E-state index is 13.4. The summed E-state index contributed by atoms with van der Waals surface area (Å²) in [4.78, 5) is 36.2. The van der Waals surface area contributed by atoms with Gasteiger partial charge in [-0.15, -0.1) is 0 Å². The van der Waals surface area contributed by atoms with Gasteiger partial charge in [0.15, 0.2) is 0 Å². The Morgan fingerprint density at radius 1 is 0.974 bits per heavy atom. The van der Waals surface area contributed by atoms with Crippen LogP contribution in [0.2, 0.25) is 0 Å². The fraction of sp³-hybridized carbons (Fsp3) is 0.0968. The lowest BCUT2D eigenvalue weighted by Crippen LogP contribution is -2.31. The molecule has 0 saturated carbocycles. The maximum atomic E-state index is 13.4. The molecule has 0 spiro atoms. The normalized spacial score (nSPS) is 12.9. The van der Waals surface area contributed by atoms with Gasteiger partial charge in [0.2, 0.25) is 11.8 Å². The minimum absolute atomic E-state index is 0.00441. The molecule has 0 saturated heterocycles.